The summed E-state index contributed by atoms with van der Waals surface area (Å²) < 4.78 is 14.6. The summed E-state index contributed by atoms with van der Waals surface area (Å²) in [5.74, 6) is 5.93. The van der Waals surface area contributed by atoms with E-state index in [4.69, 9.17) is 0 Å². The molecule has 0 aromatic carbocycles. The van der Waals surface area contributed by atoms with Crippen molar-refractivity contribution in [2.24, 2.45) is 5.92 Å². The molecule has 0 N–H and O–H groups in total. The number of aromatic nitrogens is 1. The number of nitrogens with zero attached hydrogens (tertiary/aromatic N) is 2. The lowest BCUT2D eigenvalue weighted by Gasteiger charge is -2.17. The molecular weight excluding hydrogens is 315 g/mol. The third-order valence-corrected chi connectivity index (χ3v) is 4.09. The van der Waals surface area contributed by atoms with Crippen LogP contribution in [0.15, 0.2) is 24.4 Å². The number of halogens is 1. The largest absolute Gasteiger partial charge is 0.338 e. The summed E-state index contributed by atoms with van der Waals surface area (Å²) in [5.41, 5.74) is -1.05. The third-order valence-electron chi connectivity index (χ3n) is 4.09. The van der Waals surface area contributed by atoms with Crippen LogP contribution in [0.25, 0.3) is 0 Å². The highest BCUT2D eigenvalue weighted by atomic mass is 19.1. The first-order chi connectivity index (χ1) is 11.9. The zero-order valence-corrected chi connectivity index (χ0v) is 16.0. The summed E-state index contributed by atoms with van der Waals surface area (Å²) >= 11 is 0. The second-order valence-electron chi connectivity index (χ2n) is 6.93. The highest BCUT2D eigenvalue weighted by Gasteiger charge is 2.38. The van der Waals surface area contributed by atoms with Crippen LogP contribution in [-0.4, -0.2) is 34.5 Å². The lowest BCUT2D eigenvalue weighted by Crippen LogP contribution is -2.32. The second-order valence-corrected chi connectivity index (χ2v) is 6.93. The standard InChI is InChI=1S/C17H21FN2O.C4H10/c1-14(2)6-7-16(21)20-12-10-17(18,13-20)9-8-15-5-3-4-11-19-15;1-3-4-2/h3-5,11,14H,6-7,10,12-13H2,1-2H3;3-4H2,1-2H3. The summed E-state index contributed by atoms with van der Waals surface area (Å²) in [5, 5.41) is 0. The van der Waals surface area contributed by atoms with Crippen molar-refractivity contribution in [1.82, 2.24) is 9.88 Å². The monoisotopic (exact) mass is 346 g/mol. The zero-order valence-electron chi connectivity index (χ0n) is 16.0. The summed E-state index contributed by atoms with van der Waals surface area (Å²) in [6, 6.07) is 5.36. The number of hydrogen-bond donors (Lipinski definition) is 0. The van der Waals surface area contributed by atoms with Gasteiger partial charge in [0.2, 0.25) is 5.91 Å². The van der Waals surface area contributed by atoms with E-state index in [-0.39, 0.29) is 18.9 Å². The van der Waals surface area contributed by atoms with E-state index in [1.54, 1.807) is 23.2 Å². The van der Waals surface area contributed by atoms with Crippen molar-refractivity contribution in [2.45, 2.75) is 65.5 Å². The maximum atomic E-state index is 14.6. The summed E-state index contributed by atoms with van der Waals surface area (Å²) in [4.78, 5) is 17.7. The summed E-state index contributed by atoms with van der Waals surface area (Å²) in [7, 11) is 0. The molecule has 1 aromatic heterocycles. The van der Waals surface area contributed by atoms with Crippen LogP contribution >= 0.6 is 0 Å². The van der Waals surface area contributed by atoms with Gasteiger partial charge in [-0.2, -0.15) is 0 Å². The summed E-state index contributed by atoms with van der Waals surface area (Å²) in [6.45, 7) is 9.04. The molecule has 0 bridgehead atoms. The van der Waals surface area contributed by atoms with E-state index in [0.717, 1.165) is 6.42 Å². The van der Waals surface area contributed by atoms with E-state index < -0.39 is 5.67 Å². The molecular formula is C21H31FN2O. The van der Waals surface area contributed by atoms with E-state index in [2.05, 4.69) is 44.5 Å². The molecule has 138 valence electrons. The molecule has 4 heteroatoms. The van der Waals surface area contributed by atoms with E-state index in [9.17, 15) is 9.18 Å². The average molecular weight is 346 g/mol. The normalized spacial score (nSPS) is 19.0. The minimum Gasteiger partial charge on any atom is -0.338 e. The molecule has 1 saturated heterocycles. The van der Waals surface area contributed by atoms with Gasteiger partial charge < -0.3 is 4.90 Å². The Bertz CT molecular complexity index is 575. The van der Waals surface area contributed by atoms with Crippen LogP contribution in [-0.2, 0) is 4.79 Å². The van der Waals surface area contributed by atoms with Gasteiger partial charge in [0.25, 0.3) is 0 Å². The number of alkyl halides is 1. The van der Waals surface area contributed by atoms with Crippen LogP contribution in [0.5, 0.6) is 0 Å². The van der Waals surface area contributed by atoms with Crippen molar-refractivity contribution in [3.63, 3.8) is 0 Å². The molecule has 3 nitrogen and oxygen atoms in total. The molecule has 1 atom stereocenters. The number of hydrogen-bond acceptors (Lipinski definition) is 2. The first-order valence-corrected chi connectivity index (χ1v) is 9.31. The molecule has 2 rings (SSSR count). The Morgan fingerprint density at radius 3 is 2.64 bits per heavy atom. The third kappa shape index (κ3) is 8.16. The first-order valence-electron chi connectivity index (χ1n) is 9.31. The number of rotatable bonds is 4. The van der Waals surface area contributed by atoms with Gasteiger partial charge in [-0.1, -0.05) is 52.5 Å². The molecule has 1 unspecified atom stereocenters. The number of amides is 1. The Morgan fingerprint density at radius 1 is 1.36 bits per heavy atom. The van der Waals surface area contributed by atoms with Gasteiger partial charge in [-0.3, -0.25) is 4.79 Å². The maximum Gasteiger partial charge on any atom is 0.222 e. The molecule has 0 aliphatic carbocycles. The fourth-order valence-corrected chi connectivity index (χ4v) is 2.27. The first kappa shape index (κ1) is 21.2. The molecule has 1 aliphatic heterocycles. The van der Waals surface area contributed by atoms with Gasteiger partial charge in [-0.25, -0.2) is 9.37 Å². The topological polar surface area (TPSA) is 33.2 Å². The van der Waals surface area contributed by atoms with Gasteiger partial charge in [0.15, 0.2) is 5.67 Å². The molecule has 0 radical (unpaired) electrons. The van der Waals surface area contributed by atoms with Gasteiger partial charge in [-0.15, -0.1) is 0 Å². The lowest BCUT2D eigenvalue weighted by atomic mass is 10.1. The van der Waals surface area contributed by atoms with E-state index in [1.165, 1.54) is 12.8 Å². The fourth-order valence-electron chi connectivity index (χ4n) is 2.27. The molecule has 1 fully saturated rings. The lowest BCUT2D eigenvalue weighted by molar-refractivity contribution is -0.130. The van der Waals surface area contributed by atoms with Crippen LogP contribution in [0.1, 0.15) is 65.5 Å². The Hall–Kier alpha value is -1.89. The van der Waals surface area contributed by atoms with E-state index in [0.29, 0.717) is 24.6 Å². The van der Waals surface area contributed by atoms with Crippen molar-refractivity contribution in [3.8, 4) is 11.8 Å². The molecule has 1 amide bonds. The molecule has 1 aliphatic rings. The van der Waals surface area contributed by atoms with Crippen LogP contribution in [0, 0.1) is 17.8 Å². The van der Waals surface area contributed by atoms with Gasteiger partial charge in [0.1, 0.15) is 5.69 Å². The average Bonchev–Trinajstić information content (AvgIpc) is 3.02. The molecule has 25 heavy (non-hydrogen) atoms. The van der Waals surface area contributed by atoms with Gasteiger partial charge >= 0.3 is 0 Å². The maximum absolute atomic E-state index is 14.6. The highest BCUT2D eigenvalue weighted by molar-refractivity contribution is 5.76. The fraction of sp³-hybridized carbons (Fsp3) is 0.619. The quantitative estimate of drug-likeness (QED) is 0.746. The Balaban J connectivity index is 0.000000705. The number of carbonyl (C=O) groups excluding carboxylic acids is 1. The van der Waals surface area contributed by atoms with Crippen LogP contribution < -0.4 is 0 Å². The SMILES string of the molecule is CC(C)CCC(=O)N1CCC(F)(C#Cc2ccccn2)C1.CCCC. The number of carbonyl (C=O) groups is 1. The van der Waals surface area contributed by atoms with Crippen LogP contribution in [0.4, 0.5) is 4.39 Å². The predicted octanol–water partition coefficient (Wildman–Crippen LogP) is 4.62. The minimum absolute atomic E-state index is 0.0304. The van der Waals surface area contributed by atoms with Crippen molar-refractivity contribution in [1.29, 1.82) is 0 Å². The van der Waals surface area contributed by atoms with E-state index in [1.807, 2.05) is 6.07 Å². The molecule has 2 heterocycles. The summed E-state index contributed by atoms with van der Waals surface area (Å²) in [6.07, 6.45) is 5.88. The van der Waals surface area contributed by atoms with Crippen molar-refractivity contribution < 1.29 is 9.18 Å². The predicted molar refractivity (Wildman–Crippen MR) is 101 cm³/mol. The minimum atomic E-state index is -1.61. The molecule has 1 aromatic rings. The van der Waals surface area contributed by atoms with Crippen LogP contribution in [0.2, 0.25) is 0 Å². The second kappa shape index (κ2) is 10.9. The Morgan fingerprint density at radius 2 is 2.08 bits per heavy atom. The highest BCUT2D eigenvalue weighted by Crippen LogP contribution is 2.26. The van der Waals surface area contributed by atoms with E-state index >= 15 is 0 Å². The van der Waals surface area contributed by atoms with Crippen LogP contribution in [0.3, 0.4) is 0 Å². The van der Waals surface area contributed by atoms with Gasteiger partial charge in [0, 0.05) is 25.6 Å². The number of pyridine rings is 1. The zero-order chi connectivity index (χ0) is 18.7. The number of likely N-dealkylation sites (tertiary alicyclic amines) is 1. The molecule has 0 saturated carbocycles. The van der Waals surface area contributed by atoms with Crippen molar-refractivity contribution >= 4 is 5.91 Å². The number of unbranched alkanes of at least 4 members (excludes halogenated alkanes) is 1. The van der Waals surface area contributed by atoms with Gasteiger partial charge in [0.05, 0.1) is 6.54 Å². The van der Waals surface area contributed by atoms with Crippen molar-refractivity contribution in [2.75, 3.05) is 13.1 Å². The van der Waals surface area contributed by atoms with Gasteiger partial charge in [-0.05, 0) is 30.4 Å². The van der Waals surface area contributed by atoms with Crippen molar-refractivity contribution in [3.05, 3.63) is 30.1 Å². The smallest absolute Gasteiger partial charge is 0.222 e. The molecule has 0 spiro atoms. The Kier molecular flexibility index (Phi) is 9.20. The Labute approximate surface area is 152 Å².